The zero-order valence-corrected chi connectivity index (χ0v) is 14.1. The van der Waals surface area contributed by atoms with Crippen molar-refractivity contribution in [3.63, 3.8) is 0 Å². The van der Waals surface area contributed by atoms with Crippen LogP contribution < -0.4 is 0 Å². The predicted octanol–water partition coefficient (Wildman–Crippen LogP) is 1.41. The van der Waals surface area contributed by atoms with Gasteiger partial charge in [-0.1, -0.05) is 10.9 Å². The Kier molecular flexibility index (Phi) is 3.86. The lowest BCUT2D eigenvalue weighted by atomic mass is 10.1. The van der Waals surface area contributed by atoms with E-state index < -0.39 is 0 Å². The van der Waals surface area contributed by atoms with Gasteiger partial charge in [-0.3, -0.25) is 14.4 Å². The Labute approximate surface area is 139 Å². The lowest BCUT2D eigenvalue weighted by molar-refractivity contribution is 0.0741. The number of amides is 1. The highest BCUT2D eigenvalue weighted by Crippen LogP contribution is 2.28. The maximum atomic E-state index is 12.5. The molecule has 2 aromatic rings. The average molecular weight is 332 g/mol. The summed E-state index contributed by atoms with van der Waals surface area (Å²) in [4.78, 5) is 16.8. The maximum Gasteiger partial charge on any atom is 0.275 e. The van der Waals surface area contributed by atoms with Gasteiger partial charge >= 0.3 is 0 Å². The third-order valence-electron chi connectivity index (χ3n) is 4.74. The van der Waals surface area contributed by atoms with Crippen LogP contribution >= 0.6 is 11.5 Å². The van der Waals surface area contributed by atoms with Crippen LogP contribution in [0.5, 0.6) is 0 Å². The van der Waals surface area contributed by atoms with Crippen molar-refractivity contribution >= 4 is 17.4 Å². The quantitative estimate of drug-likeness (QED) is 0.850. The first-order valence-electron chi connectivity index (χ1n) is 8.04. The second-order valence-electron chi connectivity index (χ2n) is 6.28. The molecular weight excluding hydrogens is 312 g/mol. The maximum absolute atomic E-state index is 12.5. The van der Waals surface area contributed by atoms with Gasteiger partial charge in [0, 0.05) is 24.5 Å². The number of hydrogen-bond donors (Lipinski definition) is 0. The van der Waals surface area contributed by atoms with E-state index in [0.717, 1.165) is 31.0 Å². The molecule has 0 radical (unpaired) electrons. The van der Waals surface area contributed by atoms with Gasteiger partial charge in [-0.15, -0.1) is 5.10 Å². The summed E-state index contributed by atoms with van der Waals surface area (Å²) < 4.78 is 5.72. The topological polar surface area (TPSA) is 67.2 Å². The molecule has 0 bridgehead atoms. The van der Waals surface area contributed by atoms with E-state index in [0.29, 0.717) is 18.8 Å². The summed E-state index contributed by atoms with van der Waals surface area (Å²) in [6.45, 7) is 4.43. The van der Waals surface area contributed by atoms with Crippen molar-refractivity contribution in [3.05, 3.63) is 28.0 Å². The Hall–Kier alpha value is -1.80. The molecule has 0 aliphatic carbocycles. The van der Waals surface area contributed by atoms with Gasteiger partial charge in [0.1, 0.15) is 0 Å². The van der Waals surface area contributed by atoms with Crippen LogP contribution in [-0.2, 0) is 26.7 Å². The number of aromatic nitrogens is 4. The SMILES string of the molecule is Cn1nc(CN2CCCCC2)c2c1CN(C(=O)c1csnn1)C2. The second-order valence-corrected chi connectivity index (χ2v) is 6.89. The molecule has 2 aromatic heterocycles. The first-order chi connectivity index (χ1) is 11.2. The van der Waals surface area contributed by atoms with E-state index in [1.54, 1.807) is 5.38 Å². The molecule has 2 aliphatic rings. The van der Waals surface area contributed by atoms with E-state index in [2.05, 4.69) is 14.5 Å². The molecular formula is C15H20N6OS. The van der Waals surface area contributed by atoms with Gasteiger partial charge in [0.2, 0.25) is 0 Å². The molecule has 7 nitrogen and oxygen atoms in total. The molecule has 4 heterocycles. The van der Waals surface area contributed by atoms with Gasteiger partial charge in [0.05, 0.1) is 24.5 Å². The lowest BCUT2D eigenvalue weighted by Gasteiger charge is -2.26. The van der Waals surface area contributed by atoms with Crippen molar-refractivity contribution in [1.82, 2.24) is 29.2 Å². The molecule has 0 unspecified atom stereocenters. The van der Waals surface area contributed by atoms with Gasteiger partial charge in [0.25, 0.3) is 5.91 Å². The minimum Gasteiger partial charge on any atom is -0.327 e. The summed E-state index contributed by atoms with van der Waals surface area (Å²) in [6.07, 6.45) is 3.88. The summed E-state index contributed by atoms with van der Waals surface area (Å²) >= 11 is 1.21. The average Bonchev–Trinajstić information content (AvgIpc) is 3.28. The normalized spacial score (nSPS) is 18.4. The second kappa shape index (κ2) is 6.01. The van der Waals surface area contributed by atoms with E-state index in [4.69, 9.17) is 5.10 Å². The van der Waals surface area contributed by atoms with Crippen molar-refractivity contribution < 1.29 is 4.79 Å². The third-order valence-corrected chi connectivity index (χ3v) is 5.24. The molecule has 1 fully saturated rings. The molecule has 1 amide bonds. The number of aryl methyl sites for hydroxylation is 1. The predicted molar refractivity (Wildman–Crippen MR) is 85.8 cm³/mol. The Morgan fingerprint density at radius 1 is 1.26 bits per heavy atom. The highest BCUT2D eigenvalue weighted by molar-refractivity contribution is 7.03. The van der Waals surface area contributed by atoms with Crippen molar-refractivity contribution in [2.45, 2.75) is 38.9 Å². The van der Waals surface area contributed by atoms with Crippen molar-refractivity contribution in [3.8, 4) is 0 Å². The van der Waals surface area contributed by atoms with Crippen LogP contribution in [0.2, 0.25) is 0 Å². The minimum atomic E-state index is -0.0427. The molecule has 0 atom stereocenters. The standard InChI is InChI=1S/C15H20N6OS/c1-19-14-9-21(15(22)13-10-23-18-16-13)7-11(14)12(17-19)8-20-5-3-2-4-6-20/h10H,2-9H2,1H3. The number of fused-ring (bicyclic) bond motifs is 1. The van der Waals surface area contributed by atoms with E-state index in [-0.39, 0.29) is 5.91 Å². The van der Waals surface area contributed by atoms with Gasteiger partial charge in [-0.2, -0.15) is 5.10 Å². The van der Waals surface area contributed by atoms with E-state index >= 15 is 0 Å². The fourth-order valence-electron chi connectivity index (χ4n) is 3.49. The van der Waals surface area contributed by atoms with Crippen LogP contribution in [0.25, 0.3) is 0 Å². The third kappa shape index (κ3) is 2.76. The molecule has 0 aromatic carbocycles. The van der Waals surface area contributed by atoms with Crippen LogP contribution in [0, 0.1) is 0 Å². The van der Waals surface area contributed by atoms with E-state index in [9.17, 15) is 4.79 Å². The summed E-state index contributed by atoms with van der Waals surface area (Å²) in [5.41, 5.74) is 3.92. The fraction of sp³-hybridized carbons (Fsp3) is 0.600. The first kappa shape index (κ1) is 14.8. The molecule has 122 valence electrons. The largest absolute Gasteiger partial charge is 0.327 e. The molecule has 0 N–H and O–H groups in total. The Morgan fingerprint density at radius 2 is 2.09 bits per heavy atom. The first-order valence-corrected chi connectivity index (χ1v) is 8.88. The zero-order chi connectivity index (χ0) is 15.8. The van der Waals surface area contributed by atoms with E-state index in [1.165, 1.54) is 36.4 Å². The summed E-state index contributed by atoms with van der Waals surface area (Å²) in [5, 5.41) is 10.3. The van der Waals surface area contributed by atoms with Gasteiger partial charge in [0.15, 0.2) is 5.69 Å². The Bertz CT molecular complexity index is 704. The molecule has 1 saturated heterocycles. The Balaban J connectivity index is 1.52. The van der Waals surface area contributed by atoms with Crippen LogP contribution in [0.3, 0.4) is 0 Å². The summed E-state index contributed by atoms with van der Waals surface area (Å²) in [6, 6.07) is 0. The Morgan fingerprint density at radius 3 is 2.83 bits per heavy atom. The number of hydrogen-bond acceptors (Lipinski definition) is 6. The molecule has 4 rings (SSSR count). The number of piperidine rings is 1. The highest BCUT2D eigenvalue weighted by Gasteiger charge is 2.31. The number of nitrogens with zero attached hydrogens (tertiary/aromatic N) is 6. The molecule has 0 spiro atoms. The van der Waals surface area contributed by atoms with Crippen LogP contribution in [0.15, 0.2) is 5.38 Å². The van der Waals surface area contributed by atoms with E-state index in [1.807, 2.05) is 16.6 Å². The molecule has 23 heavy (non-hydrogen) atoms. The van der Waals surface area contributed by atoms with Gasteiger partial charge in [-0.05, 0) is 37.5 Å². The van der Waals surface area contributed by atoms with Crippen molar-refractivity contribution in [2.75, 3.05) is 13.1 Å². The smallest absolute Gasteiger partial charge is 0.275 e. The van der Waals surface area contributed by atoms with Crippen LogP contribution in [0.4, 0.5) is 0 Å². The highest BCUT2D eigenvalue weighted by atomic mass is 32.1. The monoisotopic (exact) mass is 332 g/mol. The number of carbonyl (C=O) groups excluding carboxylic acids is 1. The number of carbonyl (C=O) groups is 1. The lowest BCUT2D eigenvalue weighted by Crippen LogP contribution is -2.30. The molecule has 0 saturated carbocycles. The summed E-state index contributed by atoms with van der Waals surface area (Å²) in [7, 11) is 1.97. The fourth-order valence-corrected chi connectivity index (χ4v) is 3.92. The van der Waals surface area contributed by atoms with Crippen molar-refractivity contribution in [1.29, 1.82) is 0 Å². The van der Waals surface area contributed by atoms with Gasteiger partial charge in [-0.25, -0.2) is 0 Å². The molecule has 8 heteroatoms. The van der Waals surface area contributed by atoms with Crippen LogP contribution in [-0.4, -0.2) is 48.2 Å². The van der Waals surface area contributed by atoms with Crippen LogP contribution in [0.1, 0.15) is 46.7 Å². The molecule has 2 aliphatic heterocycles. The minimum absolute atomic E-state index is 0.0427. The van der Waals surface area contributed by atoms with Crippen molar-refractivity contribution in [2.24, 2.45) is 7.05 Å². The summed E-state index contributed by atoms with van der Waals surface area (Å²) in [5.74, 6) is -0.0427. The number of rotatable bonds is 3. The zero-order valence-electron chi connectivity index (χ0n) is 13.2. The number of likely N-dealkylation sites (tertiary alicyclic amines) is 1. The van der Waals surface area contributed by atoms with Gasteiger partial charge < -0.3 is 4.90 Å².